The summed E-state index contributed by atoms with van der Waals surface area (Å²) in [4.78, 5) is 11.3. The molecule has 0 spiro atoms. The van der Waals surface area contributed by atoms with Gasteiger partial charge in [-0.05, 0) is 38.8 Å². The molecule has 1 aliphatic heterocycles. The predicted molar refractivity (Wildman–Crippen MR) is 75.6 cm³/mol. The number of carbonyl (C=O) groups excluding carboxylic acids is 1. The van der Waals surface area contributed by atoms with E-state index in [-0.39, 0.29) is 16.4 Å². The van der Waals surface area contributed by atoms with Crippen molar-refractivity contribution in [2.45, 2.75) is 24.7 Å². The third-order valence-corrected chi connectivity index (χ3v) is 5.12. The van der Waals surface area contributed by atoms with Crippen molar-refractivity contribution in [1.82, 2.24) is 10.0 Å². The second kappa shape index (κ2) is 6.59. The van der Waals surface area contributed by atoms with Crippen LogP contribution in [0.15, 0.2) is 15.4 Å². The third kappa shape index (κ3) is 3.84. The summed E-state index contributed by atoms with van der Waals surface area (Å²) >= 11 is 0. The third-order valence-electron chi connectivity index (χ3n) is 3.56. The number of esters is 1. The van der Waals surface area contributed by atoms with Crippen molar-refractivity contribution in [2.75, 3.05) is 26.7 Å². The summed E-state index contributed by atoms with van der Waals surface area (Å²) < 4.78 is 36.6. The highest BCUT2D eigenvalue weighted by atomic mass is 32.2. The maximum absolute atomic E-state index is 12.2. The van der Waals surface area contributed by atoms with E-state index in [0.29, 0.717) is 12.5 Å². The van der Waals surface area contributed by atoms with Gasteiger partial charge in [-0.1, -0.05) is 0 Å². The van der Waals surface area contributed by atoms with E-state index in [2.05, 4.69) is 14.8 Å². The van der Waals surface area contributed by atoms with E-state index in [9.17, 15) is 13.2 Å². The summed E-state index contributed by atoms with van der Waals surface area (Å²) in [5.74, 6) is -0.138. The lowest BCUT2D eigenvalue weighted by Gasteiger charge is -2.09. The Hall–Kier alpha value is -1.38. The summed E-state index contributed by atoms with van der Waals surface area (Å²) in [6, 6.07) is 1.20. The van der Waals surface area contributed by atoms with Gasteiger partial charge in [-0.3, -0.25) is 0 Å². The molecule has 0 radical (unpaired) electrons. The van der Waals surface area contributed by atoms with Crippen molar-refractivity contribution in [2.24, 2.45) is 5.92 Å². The molecule has 0 aromatic carbocycles. The minimum Gasteiger partial charge on any atom is -0.463 e. The van der Waals surface area contributed by atoms with Crippen molar-refractivity contribution >= 4 is 16.0 Å². The standard InChI is InChI=1S/C13H20N2O5S/c1-9-12(7-11(20-9)13(16)19-2)21(17,18)15-6-4-10-3-5-14-8-10/h7,10,14-15H,3-6,8H2,1-2H3. The molecule has 1 aromatic rings. The van der Waals surface area contributed by atoms with Crippen molar-refractivity contribution in [1.29, 1.82) is 0 Å². The number of furan rings is 1. The zero-order chi connectivity index (χ0) is 15.5. The number of ether oxygens (including phenoxy) is 1. The SMILES string of the molecule is COC(=O)c1cc(S(=O)(=O)NCCC2CCNC2)c(C)o1. The zero-order valence-electron chi connectivity index (χ0n) is 12.1. The molecule has 0 saturated carbocycles. The Balaban J connectivity index is 2.01. The minimum absolute atomic E-state index is 0.0209. The molecule has 2 rings (SSSR count). The van der Waals surface area contributed by atoms with E-state index >= 15 is 0 Å². The number of nitrogens with one attached hydrogen (secondary N) is 2. The monoisotopic (exact) mass is 316 g/mol. The van der Waals surface area contributed by atoms with Gasteiger partial charge in [0.15, 0.2) is 0 Å². The molecule has 8 heteroatoms. The van der Waals surface area contributed by atoms with E-state index in [4.69, 9.17) is 4.42 Å². The molecule has 1 unspecified atom stereocenters. The number of methoxy groups -OCH3 is 1. The maximum atomic E-state index is 12.2. The van der Waals surface area contributed by atoms with Gasteiger partial charge >= 0.3 is 5.97 Å². The van der Waals surface area contributed by atoms with Gasteiger partial charge in [-0.25, -0.2) is 17.9 Å². The van der Waals surface area contributed by atoms with E-state index in [1.54, 1.807) is 0 Å². The van der Waals surface area contributed by atoms with E-state index < -0.39 is 16.0 Å². The Bertz CT molecular complexity index is 602. The number of carbonyl (C=O) groups is 1. The summed E-state index contributed by atoms with van der Waals surface area (Å²) in [6.45, 7) is 3.79. The van der Waals surface area contributed by atoms with E-state index in [0.717, 1.165) is 25.9 Å². The molecule has 1 aliphatic rings. The van der Waals surface area contributed by atoms with Crippen molar-refractivity contribution in [3.8, 4) is 0 Å². The summed E-state index contributed by atoms with van der Waals surface area (Å²) in [5.41, 5.74) is 0. The molecular weight excluding hydrogens is 296 g/mol. The van der Waals surface area contributed by atoms with Crippen LogP contribution in [0.3, 0.4) is 0 Å². The predicted octanol–water partition coefficient (Wildman–Crippen LogP) is 0.653. The first-order valence-electron chi connectivity index (χ1n) is 6.83. The molecule has 1 atom stereocenters. The summed E-state index contributed by atoms with van der Waals surface area (Å²) in [5, 5.41) is 3.24. The number of hydrogen-bond acceptors (Lipinski definition) is 6. The fourth-order valence-electron chi connectivity index (χ4n) is 2.37. The molecule has 1 aromatic heterocycles. The Labute approximate surface area is 124 Å². The largest absolute Gasteiger partial charge is 0.463 e. The number of sulfonamides is 1. The van der Waals surface area contributed by atoms with Crippen molar-refractivity contribution < 1.29 is 22.4 Å². The molecule has 1 fully saturated rings. The van der Waals surface area contributed by atoms with Crippen LogP contribution in [0, 0.1) is 12.8 Å². The van der Waals surface area contributed by atoms with Crippen molar-refractivity contribution in [3.05, 3.63) is 17.6 Å². The number of rotatable bonds is 6. The smallest absolute Gasteiger partial charge is 0.373 e. The first-order chi connectivity index (χ1) is 9.94. The molecule has 1 saturated heterocycles. The van der Waals surface area contributed by atoms with Gasteiger partial charge in [0.1, 0.15) is 10.7 Å². The van der Waals surface area contributed by atoms with Gasteiger partial charge < -0.3 is 14.5 Å². The number of hydrogen-bond donors (Lipinski definition) is 2. The van der Waals surface area contributed by atoms with E-state index in [1.165, 1.54) is 20.1 Å². The Morgan fingerprint density at radius 3 is 2.95 bits per heavy atom. The van der Waals surface area contributed by atoms with Crippen LogP contribution >= 0.6 is 0 Å². The molecule has 21 heavy (non-hydrogen) atoms. The van der Waals surface area contributed by atoms with Crippen LogP contribution in [-0.4, -0.2) is 41.1 Å². The van der Waals surface area contributed by atoms with Gasteiger partial charge in [-0.15, -0.1) is 0 Å². The maximum Gasteiger partial charge on any atom is 0.373 e. The normalized spacial score (nSPS) is 18.9. The molecule has 2 N–H and O–H groups in total. The second-order valence-electron chi connectivity index (χ2n) is 5.07. The summed E-state index contributed by atoms with van der Waals surface area (Å²) in [7, 11) is -2.46. The molecule has 2 heterocycles. The van der Waals surface area contributed by atoms with Crippen LogP contribution in [0.1, 0.15) is 29.2 Å². The lowest BCUT2D eigenvalue weighted by Crippen LogP contribution is -2.26. The molecule has 0 bridgehead atoms. The molecule has 7 nitrogen and oxygen atoms in total. The van der Waals surface area contributed by atoms with Gasteiger partial charge in [0.2, 0.25) is 15.8 Å². The fourth-order valence-corrected chi connectivity index (χ4v) is 3.59. The molecule has 0 aliphatic carbocycles. The lowest BCUT2D eigenvalue weighted by molar-refractivity contribution is 0.0563. The van der Waals surface area contributed by atoms with Crippen LogP contribution in [0.4, 0.5) is 0 Å². The average Bonchev–Trinajstić information content (AvgIpc) is 3.07. The van der Waals surface area contributed by atoms with Gasteiger partial charge in [-0.2, -0.15) is 0 Å². The second-order valence-corrected chi connectivity index (χ2v) is 6.80. The first-order valence-corrected chi connectivity index (χ1v) is 8.31. The fraction of sp³-hybridized carbons (Fsp3) is 0.615. The molecule has 0 amide bonds. The van der Waals surface area contributed by atoms with Crippen LogP contribution in [-0.2, 0) is 14.8 Å². The quantitative estimate of drug-likeness (QED) is 0.748. The van der Waals surface area contributed by atoms with Crippen molar-refractivity contribution in [3.63, 3.8) is 0 Å². The van der Waals surface area contributed by atoms with Gasteiger partial charge in [0, 0.05) is 12.6 Å². The van der Waals surface area contributed by atoms with Crippen LogP contribution < -0.4 is 10.0 Å². The highest BCUT2D eigenvalue weighted by Gasteiger charge is 2.24. The Morgan fingerprint density at radius 2 is 2.33 bits per heavy atom. The molecule has 118 valence electrons. The van der Waals surface area contributed by atoms with Gasteiger partial charge in [0.05, 0.1) is 7.11 Å². The van der Waals surface area contributed by atoms with Gasteiger partial charge in [0.25, 0.3) is 0 Å². The number of aryl methyl sites for hydroxylation is 1. The van der Waals surface area contributed by atoms with Crippen LogP contribution in [0.5, 0.6) is 0 Å². The zero-order valence-corrected chi connectivity index (χ0v) is 13.0. The summed E-state index contributed by atoms with van der Waals surface area (Å²) in [6.07, 6.45) is 1.85. The average molecular weight is 316 g/mol. The highest BCUT2D eigenvalue weighted by Crippen LogP contribution is 2.20. The minimum atomic E-state index is -3.68. The highest BCUT2D eigenvalue weighted by molar-refractivity contribution is 7.89. The first kappa shape index (κ1) is 16.0. The van der Waals surface area contributed by atoms with E-state index in [1.807, 2.05) is 0 Å². The van der Waals surface area contributed by atoms with Crippen LogP contribution in [0.25, 0.3) is 0 Å². The topological polar surface area (TPSA) is 97.6 Å². The lowest BCUT2D eigenvalue weighted by atomic mass is 10.1. The Kier molecular flexibility index (Phi) is 5.02. The molecular formula is C13H20N2O5S. The Morgan fingerprint density at radius 1 is 1.57 bits per heavy atom. The van der Waals surface area contributed by atoms with Crippen LogP contribution in [0.2, 0.25) is 0 Å².